The lowest BCUT2D eigenvalue weighted by Crippen LogP contribution is -2.35. The third-order valence-corrected chi connectivity index (χ3v) is 7.08. The number of likely N-dealkylation sites (tertiary alicyclic amines) is 1. The van der Waals surface area contributed by atoms with Gasteiger partial charge in [0.1, 0.15) is 5.65 Å². The van der Waals surface area contributed by atoms with E-state index in [2.05, 4.69) is 49.9 Å². The van der Waals surface area contributed by atoms with Gasteiger partial charge in [-0.05, 0) is 68.6 Å². The van der Waals surface area contributed by atoms with Gasteiger partial charge in [0.2, 0.25) is 0 Å². The fourth-order valence-electron chi connectivity index (χ4n) is 4.41. The van der Waals surface area contributed by atoms with Crippen LogP contribution in [0.15, 0.2) is 64.7 Å². The van der Waals surface area contributed by atoms with Crippen LogP contribution in [0.3, 0.4) is 0 Å². The van der Waals surface area contributed by atoms with E-state index in [4.69, 9.17) is 0 Å². The molecule has 2 aromatic heterocycles. The number of hydrogen-bond donors (Lipinski definition) is 1. The molecule has 1 N–H and O–H groups in total. The molecule has 0 spiro atoms. The van der Waals surface area contributed by atoms with Gasteiger partial charge < -0.3 is 10.2 Å². The van der Waals surface area contributed by atoms with Crippen LogP contribution in [0, 0.1) is 0 Å². The van der Waals surface area contributed by atoms with E-state index >= 15 is 0 Å². The van der Waals surface area contributed by atoms with Crippen molar-refractivity contribution in [2.24, 2.45) is 0 Å². The van der Waals surface area contributed by atoms with Gasteiger partial charge in [0.25, 0.3) is 5.91 Å². The first-order valence-electron chi connectivity index (χ1n) is 10.7. The van der Waals surface area contributed by atoms with Crippen molar-refractivity contribution in [1.82, 2.24) is 19.6 Å². The number of hydrogen-bond acceptors (Lipinski definition) is 4. The Morgan fingerprint density at radius 1 is 1.10 bits per heavy atom. The Morgan fingerprint density at radius 3 is 2.77 bits per heavy atom. The van der Waals surface area contributed by atoms with E-state index in [1.165, 1.54) is 30.2 Å². The second-order valence-electron chi connectivity index (χ2n) is 7.99. The van der Waals surface area contributed by atoms with E-state index in [1.54, 1.807) is 0 Å². The summed E-state index contributed by atoms with van der Waals surface area (Å²) in [6, 6.07) is 16.9. The first-order chi connectivity index (χ1) is 14.8. The molecule has 2 aliphatic rings. The summed E-state index contributed by atoms with van der Waals surface area (Å²) in [6.07, 6.45) is 7.18. The molecular weight excluding hydrogens is 392 g/mol. The maximum absolute atomic E-state index is 12.7. The number of benzene rings is 1. The number of carbonyl (C=O) groups is 1. The Bertz CT molecular complexity index is 1070. The highest BCUT2D eigenvalue weighted by atomic mass is 32.2. The molecule has 0 aliphatic carbocycles. The van der Waals surface area contributed by atoms with Crippen molar-refractivity contribution in [2.75, 3.05) is 26.2 Å². The Morgan fingerprint density at radius 2 is 1.93 bits per heavy atom. The van der Waals surface area contributed by atoms with Crippen molar-refractivity contribution >= 4 is 29.4 Å². The van der Waals surface area contributed by atoms with Crippen LogP contribution >= 0.6 is 11.8 Å². The number of rotatable bonds is 6. The molecule has 154 valence electrons. The molecule has 5 nitrogen and oxygen atoms in total. The maximum atomic E-state index is 12.7. The van der Waals surface area contributed by atoms with Gasteiger partial charge in [-0.1, -0.05) is 48.2 Å². The quantitative estimate of drug-likeness (QED) is 0.611. The lowest BCUT2D eigenvalue weighted by molar-refractivity contribution is -0.116. The summed E-state index contributed by atoms with van der Waals surface area (Å²) in [5.41, 5.74) is 3.35. The summed E-state index contributed by atoms with van der Waals surface area (Å²) in [7, 11) is 0. The average molecular weight is 419 g/mol. The number of thioether (sulfide) groups is 1. The number of piperidine rings is 1. The number of nitrogens with one attached hydrogen (secondary N) is 1. The van der Waals surface area contributed by atoms with E-state index in [0.29, 0.717) is 12.5 Å². The first-order valence-corrected chi connectivity index (χ1v) is 11.5. The van der Waals surface area contributed by atoms with Gasteiger partial charge >= 0.3 is 0 Å². The van der Waals surface area contributed by atoms with E-state index in [0.717, 1.165) is 47.3 Å². The summed E-state index contributed by atoms with van der Waals surface area (Å²) >= 11 is 1.51. The van der Waals surface area contributed by atoms with E-state index in [9.17, 15) is 4.79 Å². The molecule has 1 amide bonds. The van der Waals surface area contributed by atoms with E-state index in [-0.39, 0.29) is 5.91 Å². The molecule has 2 aliphatic heterocycles. The zero-order chi connectivity index (χ0) is 20.3. The second-order valence-corrected chi connectivity index (χ2v) is 9.05. The van der Waals surface area contributed by atoms with Crippen LogP contribution in [0.2, 0.25) is 0 Å². The third kappa shape index (κ3) is 4.02. The molecule has 1 fully saturated rings. The van der Waals surface area contributed by atoms with E-state index in [1.807, 2.05) is 30.5 Å². The van der Waals surface area contributed by atoms with Crippen LogP contribution in [-0.4, -0.2) is 46.4 Å². The summed E-state index contributed by atoms with van der Waals surface area (Å²) in [5, 5.41) is 4.13. The largest absolute Gasteiger partial charge is 0.352 e. The highest BCUT2D eigenvalue weighted by Crippen LogP contribution is 2.34. The van der Waals surface area contributed by atoms with Crippen molar-refractivity contribution in [2.45, 2.75) is 30.2 Å². The van der Waals surface area contributed by atoms with Gasteiger partial charge in [0, 0.05) is 6.54 Å². The van der Waals surface area contributed by atoms with Crippen molar-refractivity contribution in [3.63, 3.8) is 0 Å². The molecule has 30 heavy (non-hydrogen) atoms. The molecule has 0 radical (unpaired) electrons. The number of carbonyl (C=O) groups excluding carboxylic acids is 1. The van der Waals surface area contributed by atoms with Crippen molar-refractivity contribution in [1.29, 1.82) is 0 Å². The van der Waals surface area contributed by atoms with Gasteiger partial charge in [-0.15, -0.1) is 0 Å². The van der Waals surface area contributed by atoms with Gasteiger partial charge in [-0.3, -0.25) is 9.20 Å². The molecule has 0 saturated carbocycles. The van der Waals surface area contributed by atoms with Crippen LogP contribution in [0.4, 0.5) is 0 Å². The van der Waals surface area contributed by atoms with Gasteiger partial charge in [-0.25, -0.2) is 4.98 Å². The highest BCUT2D eigenvalue weighted by molar-refractivity contribution is 8.04. The fourth-order valence-corrected chi connectivity index (χ4v) is 5.41. The minimum atomic E-state index is 0.00670. The summed E-state index contributed by atoms with van der Waals surface area (Å²) < 4.78 is 2.08. The Labute approximate surface area is 181 Å². The topological polar surface area (TPSA) is 49.6 Å². The van der Waals surface area contributed by atoms with Crippen molar-refractivity contribution < 1.29 is 4.79 Å². The number of nitrogens with zero attached hydrogens (tertiary/aromatic N) is 3. The molecule has 0 unspecified atom stereocenters. The average Bonchev–Trinajstić information content (AvgIpc) is 3.22. The molecule has 5 rings (SSSR count). The van der Waals surface area contributed by atoms with Gasteiger partial charge in [0.15, 0.2) is 0 Å². The van der Waals surface area contributed by atoms with Crippen molar-refractivity contribution in [3.05, 3.63) is 70.9 Å². The zero-order valence-electron chi connectivity index (χ0n) is 17.0. The molecule has 3 aromatic rings. The van der Waals surface area contributed by atoms with Gasteiger partial charge in [-0.2, -0.15) is 0 Å². The molecular formula is C24H26N4OS. The lowest BCUT2D eigenvalue weighted by Gasteiger charge is -2.32. The zero-order valence-corrected chi connectivity index (χ0v) is 17.8. The summed E-state index contributed by atoms with van der Waals surface area (Å²) in [6.45, 7) is 4.03. The standard InChI is InChI=1S/C24H26N4OS/c29-24(21-16-20-17-26-22-8-4-9-23(30-21)28(20)22)25-12-5-13-27-14-10-19(11-15-27)18-6-2-1-3-7-18/h1-4,6-9,16-17,19H,5,10-15H2,(H,25,29). The van der Waals surface area contributed by atoms with Crippen molar-refractivity contribution in [3.8, 4) is 0 Å². The predicted molar refractivity (Wildman–Crippen MR) is 122 cm³/mol. The number of aromatic nitrogens is 2. The van der Waals surface area contributed by atoms with Crippen LogP contribution in [-0.2, 0) is 4.79 Å². The highest BCUT2D eigenvalue weighted by Gasteiger charge is 2.21. The number of amides is 1. The smallest absolute Gasteiger partial charge is 0.258 e. The third-order valence-electron chi connectivity index (χ3n) is 6.03. The van der Waals surface area contributed by atoms with E-state index < -0.39 is 0 Å². The molecule has 1 aromatic carbocycles. The Hall–Kier alpha value is -2.57. The normalized spacial score (nSPS) is 17.1. The summed E-state index contributed by atoms with van der Waals surface area (Å²) in [4.78, 5) is 20.3. The first kappa shape index (κ1) is 19.4. The molecule has 1 saturated heterocycles. The second kappa shape index (κ2) is 8.66. The Balaban J connectivity index is 1.07. The molecule has 0 bridgehead atoms. The minimum absolute atomic E-state index is 0.00670. The molecule has 6 heteroatoms. The Kier molecular flexibility index (Phi) is 5.60. The number of pyridine rings is 1. The monoisotopic (exact) mass is 418 g/mol. The summed E-state index contributed by atoms with van der Waals surface area (Å²) in [5.74, 6) is 0.697. The van der Waals surface area contributed by atoms with Gasteiger partial charge in [0.05, 0.1) is 21.8 Å². The lowest BCUT2D eigenvalue weighted by atomic mass is 9.89. The molecule has 4 heterocycles. The van der Waals surface area contributed by atoms with Crippen LogP contribution in [0.1, 0.15) is 36.4 Å². The maximum Gasteiger partial charge on any atom is 0.258 e. The van der Waals surface area contributed by atoms with Crippen LogP contribution in [0.5, 0.6) is 0 Å². The van der Waals surface area contributed by atoms with Crippen LogP contribution in [0.25, 0.3) is 11.7 Å². The predicted octanol–water partition coefficient (Wildman–Crippen LogP) is 4.17. The fraction of sp³-hybridized carbons (Fsp3) is 0.333. The van der Waals surface area contributed by atoms with Crippen LogP contribution < -0.4 is 5.32 Å². The molecule has 0 atom stereocenters. The minimum Gasteiger partial charge on any atom is -0.352 e. The SMILES string of the molecule is O=C(NCCCN1CCC(c2ccccc2)CC1)C1=Cc2cnc3cccc(n23)S1. The number of imidazole rings is 1.